The number of halogens is 3. The number of anilines is 2. The molecular weight excluding hydrogens is 459 g/mol. The van der Waals surface area contributed by atoms with Gasteiger partial charge in [-0.15, -0.1) is 0 Å². The van der Waals surface area contributed by atoms with Gasteiger partial charge in [-0.1, -0.05) is 57.0 Å². The van der Waals surface area contributed by atoms with E-state index in [9.17, 15) is 13.2 Å². The Morgan fingerprint density at radius 2 is 1.74 bits per heavy atom. The van der Waals surface area contributed by atoms with Crippen LogP contribution in [0.15, 0.2) is 36.4 Å². The summed E-state index contributed by atoms with van der Waals surface area (Å²) in [5, 5.41) is 6.28. The lowest BCUT2D eigenvalue weighted by Crippen LogP contribution is -2.41. The van der Waals surface area contributed by atoms with Crippen molar-refractivity contribution in [2.24, 2.45) is 11.8 Å². The van der Waals surface area contributed by atoms with Gasteiger partial charge in [-0.05, 0) is 48.9 Å². The zero-order valence-electron chi connectivity index (χ0n) is 19.7. The van der Waals surface area contributed by atoms with Crippen molar-refractivity contribution in [3.8, 4) is 0 Å². The third-order valence-electron chi connectivity index (χ3n) is 6.96. The largest absolute Gasteiger partial charge is 0.433 e. The molecule has 0 radical (unpaired) electrons. The van der Waals surface area contributed by atoms with Crippen LogP contribution in [-0.4, -0.2) is 34.7 Å². The number of benzene rings is 1. The number of hydrogen-bond acceptors (Lipinski definition) is 4. The fourth-order valence-electron chi connectivity index (χ4n) is 5.45. The van der Waals surface area contributed by atoms with Crippen molar-refractivity contribution >= 4 is 29.1 Å². The zero-order chi connectivity index (χ0) is 24.3. The van der Waals surface area contributed by atoms with Gasteiger partial charge in [-0.2, -0.15) is 18.2 Å². The molecule has 4 rings (SSSR count). The van der Waals surface area contributed by atoms with Gasteiger partial charge in [0.2, 0.25) is 5.95 Å². The second kappa shape index (κ2) is 10.1. The van der Waals surface area contributed by atoms with Gasteiger partial charge in [0.25, 0.3) is 0 Å². The second-order valence-electron chi connectivity index (χ2n) is 9.94. The smallest absolute Gasteiger partial charge is 0.361 e. The van der Waals surface area contributed by atoms with E-state index in [4.69, 9.17) is 12.2 Å². The fraction of sp³-hybridized carbons (Fsp3) is 0.560. The summed E-state index contributed by atoms with van der Waals surface area (Å²) in [4.78, 5) is 10.1. The van der Waals surface area contributed by atoms with Crippen molar-refractivity contribution in [1.82, 2.24) is 15.3 Å². The first-order valence-electron chi connectivity index (χ1n) is 12.0. The summed E-state index contributed by atoms with van der Waals surface area (Å²) in [5.74, 6) is 0.913. The summed E-state index contributed by atoms with van der Waals surface area (Å²) in [6, 6.07) is 11.4. The van der Waals surface area contributed by atoms with Crippen LogP contribution < -0.4 is 15.5 Å². The van der Waals surface area contributed by atoms with Gasteiger partial charge in [0.05, 0.1) is 0 Å². The molecule has 0 bridgehead atoms. The molecule has 0 unspecified atom stereocenters. The molecule has 0 spiro atoms. The van der Waals surface area contributed by atoms with Gasteiger partial charge in [-0.3, -0.25) is 0 Å². The Balaban J connectivity index is 1.50. The van der Waals surface area contributed by atoms with Gasteiger partial charge >= 0.3 is 6.18 Å². The number of aromatic nitrogens is 2. The predicted molar refractivity (Wildman–Crippen MR) is 133 cm³/mol. The molecule has 9 heteroatoms. The average Bonchev–Trinajstić information content (AvgIpc) is 3.27. The molecule has 2 heterocycles. The maximum absolute atomic E-state index is 13.6. The summed E-state index contributed by atoms with van der Waals surface area (Å²) in [7, 11) is 0. The number of hydrogen-bond donors (Lipinski definition) is 2. The van der Waals surface area contributed by atoms with Crippen molar-refractivity contribution in [3.63, 3.8) is 0 Å². The van der Waals surface area contributed by atoms with Crippen LogP contribution in [0.4, 0.5) is 24.9 Å². The molecule has 2 aromatic rings. The summed E-state index contributed by atoms with van der Waals surface area (Å²) in [6.07, 6.45) is 0.852. The Kier molecular flexibility index (Phi) is 7.31. The Morgan fingerprint density at radius 3 is 2.35 bits per heavy atom. The monoisotopic (exact) mass is 491 g/mol. The first-order valence-corrected chi connectivity index (χ1v) is 12.4. The highest BCUT2D eigenvalue weighted by Gasteiger charge is 2.36. The van der Waals surface area contributed by atoms with Crippen LogP contribution >= 0.6 is 12.2 Å². The second-order valence-corrected chi connectivity index (χ2v) is 10.4. The molecular formula is C25H32F3N5S. The number of thiocarbonyl (C=S) groups is 1. The lowest BCUT2D eigenvalue weighted by atomic mass is 9.79. The van der Waals surface area contributed by atoms with Crippen molar-refractivity contribution in [3.05, 3.63) is 47.7 Å². The lowest BCUT2D eigenvalue weighted by molar-refractivity contribution is -0.141. The Hall–Kier alpha value is -2.42. The van der Waals surface area contributed by atoms with E-state index in [1.54, 1.807) is 0 Å². The third-order valence-corrected chi connectivity index (χ3v) is 7.20. The molecule has 1 saturated carbocycles. The normalized spacial score (nSPS) is 22.4. The lowest BCUT2D eigenvalue weighted by Gasteiger charge is -2.36. The van der Waals surface area contributed by atoms with Crippen LogP contribution in [0.5, 0.6) is 0 Å². The number of nitrogens with zero attached hydrogens (tertiary/aromatic N) is 3. The minimum atomic E-state index is -4.57. The highest BCUT2D eigenvalue weighted by atomic mass is 32.1. The van der Waals surface area contributed by atoms with Gasteiger partial charge in [0.15, 0.2) is 10.8 Å². The summed E-state index contributed by atoms with van der Waals surface area (Å²) in [6.45, 7) is 6.16. The average molecular weight is 492 g/mol. The molecule has 2 aliphatic rings. The molecule has 2 atom stereocenters. The molecule has 0 amide bonds. The molecule has 34 heavy (non-hydrogen) atoms. The molecule has 1 saturated heterocycles. The molecule has 1 aromatic carbocycles. The molecule has 1 aliphatic carbocycles. The number of rotatable bonds is 5. The van der Waals surface area contributed by atoms with Gasteiger partial charge in [-0.25, -0.2) is 4.98 Å². The fourth-order valence-corrected chi connectivity index (χ4v) is 5.62. The van der Waals surface area contributed by atoms with Crippen molar-refractivity contribution < 1.29 is 13.2 Å². The zero-order valence-corrected chi connectivity index (χ0v) is 20.5. The SMILES string of the molecule is C[C@@H]1C[C@H](C)CN(c2cc(C(F)(F)F)nc(NC(=S)NCC3(c4ccccc4)CCCC3)n2)C1. The van der Waals surface area contributed by atoms with E-state index in [2.05, 4.69) is 46.6 Å². The van der Waals surface area contributed by atoms with Crippen molar-refractivity contribution in [1.29, 1.82) is 0 Å². The Morgan fingerprint density at radius 1 is 1.09 bits per heavy atom. The van der Waals surface area contributed by atoms with E-state index in [0.717, 1.165) is 38.2 Å². The van der Waals surface area contributed by atoms with E-state index < -0.39 is 11.9 Å². The highest BCUT2D eigenvalue weighted by Crippen LogP contribution is 2.40. The minimum Gasteiger partial charge on any atom is -0.361 e. The van der Waals surface area contributed by atoms with E-state index in [-0.39, 0.29) is 22.3 Å². The third kappa shape index (κ3) is 5.79. The molecule has 5 nitrogen and oxygen atoms in total. The molecule has 184 valence electrons. The molecule has 1 aliphatic heterocycles. The van der Waals surface area contributed by atoms with Crippen LogP contribution in [0, 0.1) is 11.8 Å². The van der Waals surface area contributed by atoms with E-state index in [0.29, 0.717) is 31.5 Å². The predicted octanol–water partition coefficient (Wildman–Crippen LogP) is 5.78. The standard InChI is InChI=1S/C25H32F3N5S/c1-17-12-18(2)15-33(14-17)21-13-20(25(26,27)28)30-22(31-21)32-23(34)29-16-24(10-6-7-11-24)19-8-4-3-5-9-19/h3-5,8-9,13,17-18H,6-7,10-12,14-16H2,1-2H3,(H2,29,30,31,32,34)/t17-,18+. The number of piperidine rings is 1. The summed E-state index contributed by atoms with van der Waals surface area (Å²) >= 11 is 5.45. The first kappa shape index (κ1) is 24.7. The van der Waals surface area contributed by atoms with Crippen LogP contribution in [0.1, 0.15) is 57.2 Å². The summed E-state index contributed by atoms with van der Waals surface area (Å²) < 4.78 is 40.8. The first-order chi connectivity index (χ1) is 16.1. The van der Waals surface area contributed by atoms with E-state index in [1.807, 2.05) is 23.1 Å². The van der Waals surface area contributed by atoms with Gasteiger partial charge in [0.1, 0.15) is 5.82 Å². The van der Waals surface area contributed by atoms with Crippen LogP contribution in [0.3, 0.4) is 0 Å². The van der Waals surface area contributed by atoms with E-state index in [1.165, 1.54) is 5.56 Å². The maximum Gasteiger partial charge on any atom is 0.433 e. The Labute approximate surface area is 204 Å². The quantitative estimate of drug-likeness (QED) is 0.518. The highest BCUT2D eigenvalue weighted by molar-refractivity contribution is 7.80. The van der Waals surface area contributed by atoms with Crippen LogP contribution in [0.2, 0.25) is 0 Å². The molecule has 2 N–H and O–H groups in total. The summed E-state index contributed by atoms with van der Waals surface area (Å²) in [5.41, 5.74) is 0.256. The van der Waals surface area contributed by atoms with Crippen molar-refractivity contribution in [2.45, 2.75) is 57.5 Å². The Bertz CT molecular complexity index is 982. The minimum absolute atomic E-state index is 0.0348. The van der Waals surface area contributed by atoms with E-state index >= 15 is 0 Å². The maximum atomic E-state index is 13.6. The molecule has 2 fully saturated rings. The number of alkyl halides is 3. The molecule has 1 aromatic heterocycles. The van der Waals surface area contributed by atoms with Gasteiger partial charge < -0.3 is 15.5 Å². The topological polar surface area (TPSA) is 53.1 Å². The van der Waals surface area contributed by atoms with Crippen molar-refractivity contribution in [2.75, 3.05) is 29.9 Å². The van der Waals surface area contributed by atoms with Crippen LogP contribution in [0.25, 0.3) is 0 Å². The number of nitrogens with one attached hydrogen (secondary N) is 2. The van der Waals surface area contributed by atoms with Gasteiger partial charge in [0, 0.05) is 31.1 Å². The van der Waals surface area contributed by atoms with Crippen LogP contribution in [-0.2, 0) is 11.6 Å².